The first-order valence-electron chi connectivity index (χ1n) is 6.46. The number of nitrogens with zero attached hydrogens (tertiary/aromatic N) is 2. The van der Waals surface area contributed by atoms with Gasteiger partial charge in [-0.25, -0.2) is 9.48 Å². The van der Waals surface area contributed by atoms with Gasteiger partial charge in [0, 0.05) is 0 Å². The fourth-order valence-electron chi connectivity index (χ4n) is 1.82. The lowest BCUT2D eigenvalue weighted by atomic mass is 10.2. The van der Waals surface area contributed by atoms with E-state index in [1.165, 1.54) is 0 Å². The summed E-state index contributed by atoms with van der Waals surface area (Å²) in [5.74, 6) is -1.25. The van der Waals surface area contributed by atoms with Crippen LogP contribution < -0.4 is 5.56 Å². The Kier molecular flexibility index (Phi) is 4.44. The van der Waals surface area contributed by atoms with Crippen LogP contribution in [0.4, 0.5) is 0 Å². The van der Waals surface area contributed by atoms with Crippen LogP contribution in [-0.4, -0.2) is 27.5 Å². The first-order chi connectivity index (χ1) is 10.6. The van der Waals surface area contributed by atoms with Crippen molar-refractivity contribution in [2.75, 3.05) is 6.61 Å². The molecule has 0 bridgehead atoms. The number of nitrogens with one attached hydrogen (secondary N) is 1. The Morgan fingerprint density at radius 2 is 2.14 bits per heavy atom. The van der Waals surface area contributed by atoms with Crippen molar-refractivity contribution in [3.8, 4) is 17.6 Å². The number of esters is 1. The summed E-state index contributed by atoms with van der Waals surface area (Å²) in [6.07, 6.45) is 1.01. The second kappa shape index (κ2) is 6.45. The maximum atomic E-state index is 11.9. The summed E-state index contributed by atoms with van der Waals surface area (Å²) in [6.45, 7) is 1.70. The van der Waals surface area contributed by atoms with E-state index in [0.717, 1.165) is 10.8 Å². The van der Waals surface area contributed by atoms with Crippen molar-refractivity contribution >= 4 is 12.0 Å². The number of rotatable bonds is 4. The van der Waals surface area contributed by atoms with Crippen LogP contribution in [0.1, 0.15) is 12.5 Å². The van der Waals surface area contributed by atoms with E-state index in [0.29, 0.717) is 5.69 Å². The molecule has 0 aliphatic rings. The highest BCUT2D eigenvalue weighted by Crippen LogP contribution is 2.20. The fraction of sp³-hybridized carbons (Fsp3) is 0.133. The molecule has 0 saturated carbocycles. The minimum atomic E-state index is -0.851. The maximum Gasteiger partial charge on any atom is 0.348 e. The van der Waals surface area contributed by atoms with E-state index in [1.54, 1.807) is 43.3 Å². The Bertz CT molecular complexity index is 810. The second-order valence-corrected chi connectivity index (χ2v) is 4.24. The molecule has 0 aliphatic carbocycles. The van der Waals surface area contributed by atoms with Gasteiger partial charge in [-0.15, -0.1) is 0 Å². The summed E-state index contributed by atoms with van der Waals surface area (Å²) in [7, 11) is 0. The zero-order valence-corrected chi connectivity index (χ0v) is 11.7. The van der Waals surface area contributed by atoms with Gasteiger partial charge in [0.2, 0.25) is 5.88 Å². The molecule has 1 heterocycles. The SMILES string of the molecule is CCOC(=O)/C(C#N)=C/c1c(O)n(-c2ccccc2)[nH]c1=O. The Morgan fingerprint density at radius 1 is 1.45 bits per heavy atom. The summed E-state index contributed by atoms with van der Waals surface area (Å²) in [5.41, 5.74) is -0.647. The molecule has 7 nitrogen and oxygen atoms in total. The number of benzene rings is 1. The van der Waals surface area contributed by atoms with Crippen LogP contribution in [-0.2, 0) is 9.53 Å². The Morgan fingerprint density at radius 3 is 2.73 bits per heavy atom. The minimum Gasteiger partial charge on any atom is -0.493 e. The quantitative estimate of drug-likeness (QED) is 0.503. The van der Waals surface area contributed by atoms with E-state index in [1.807, 2.05) is 0 Å². The summed E-state index contributed by atoms with van der Waals surface area (Å²) in [4.78, 5) is 23.5. The molecule has 0 amide bonds. The minimum absolute atomic E-state index is 0.102. The third-order valence-corrected chi connectivity index (χ3v) is 2.83. The normalized spacial score (nSPS) is 11.0. The van der Waals surface area contributed by atoms with Crippen molar-refractivity contribution in [3.05, 3.63) is 51.8 Å². The lowest BCUT2D eigenvalue weighted by molar-refractivity contribution is -0.137. The molecule has 22 heavy (non-hydrogen) atoms. The molecule has 0 radical (unpaired) electrons. The molecular weight excluding hydrogens is 286 g/mol. The first-order valence-corrected chi connectivity index (χ1v) is 6.46. The summed E-state index contributed by atoms with van der Waals surface area (Å²) < 4.78 is 5.87. The van der Waals surface area contributed by atoms with Gasteiger partial charge in [0.05, 0.1) is 12.3 Å². The molecule has 2 aromatic rings. The Balaban J connectivity index is 2.50. The molecule has 0 saturated heterocycles. The van der Waals surface area contributed by atoms with Crippen molar-refractivity contribution in [2.24, 2.45) is 0 Å². The zero-order valence-electron chi connectivity index (χ0n) is 11.7. The van der Waals surface area contributed by atoms with Crippen LogP contribution in [0.3, 0.4) is 0 Å². The average molecular weight is 299 g/mol. The monoisotopic (exact) mass is 299 g/mol. The predicted molar refractivity (Wildman–Crippen MR) is 78.3 cm³/mol. The topological polar surface area (TPSA) is 108 Å². The third-order valence-electron chi connectivity index (χ3n) is 2.83. The van der Waals surface area contributed by atoms with Crippen LogP contribution in [0.15, 0.2) is 40.7 Å². The number of carbonyl (C=O) groups excluding carboxylic acids is 1. The van der Waals surface area contributed by atoms with Gasteiger partial charge >= 0.3 is 5.97 Å². The van der Waals surface area contributed by atoms with Gasteiger partial charge in [-0.05, 0) is 25.1 Å². The van der Waals surface area contributed by atoms with Crippen LogP contribution in [0.2, 0.25) is 0 Å². The molecule has 1 aromatic heterocycles. The molecule has 0 atom stereocenters. The number of para-hydroxylation sites is 1. The fourth-order valence-corrected chi connectivity index (χ4v) is 1.82. The van der Waals surface area contributed by atoms with Crippen molar-refractivity contribution in [1.82, 2.24) is 9.78 Å². The van der Waals surface area contributed by atoms with Crippen molar-refractivity contribution in [2.45, 2.75) is 6.92 Å². The molecule has 2 rings (SSSR count). The van der Waals surface area contributed by atoms with Gasteiger partial charge in [0.25, 0.3) is 5.56 Å². The summed E-state index contributed by atoms with van der Waals surface area (Å²) in [5, 5.41) is 21.5. The van der Waals surface area contributed by atoms with E-state index in [9.17, 15) is 14.7 Å². The molecule has 1 aromatic carbocycles. The van der Waals surface area contributed by atoms with E-state index in [4.69, 9.17) is 10.00 Å². The van der Waals surface area contributed by atoms with Crippen LogP contribution in [0.25, 0.3) is 11.8 Å². The highest BCUT2D eigenvalue weighted by Gasteiger charge is 2.17. The molecule has 7 heteroatoms. The zero-order chi connectivity index (χ0) is 16.1. The van der Waals surface area contributed by atoms with Crippen molar-refractivity contribution in [3.63, 3.8) is 0 Å². The van der Waals surface area contributed by atoms with Crippen LogP contribution in [0.5, 0.6) is 5.88 Å². The molecule has 112 valence electrons. The highest BCUT2D eigenvalue weighted by molar-refractivity contribution is 5.98. The number of aromatic amines is 1. The number of hydrogen-bond acceptors (Lipinski definition) is 5. The van der Waals surface area contributed by atoms with Crippen LogP contribution in [0, 0.1) is 11.3 Å². The van der Waals surface area contributed by atoms with Crippen LogP contribution >= 0.6 is 0 Å². The molecule has 0 fully saturated rings. The van der Waals surface area contributed by atoms with E-state index in [-0.39, 0.29) is 17.7 Å². The number of nitriles is 1. The second-order valence-electron chi connectivity index (χ2n) is 4.24. The number of aromatic nitrogens is 2. The van der Waals surface area contributed by atoms with E-state index < -0.39 is 17.4 Å². The lowest BCUT2D eigenvalue weighted by Gasteiger charge is -2.03. The van der Waals surface area contributed by atoms with Gasteiger partial charge in [-0.1, -0.05) is 18.2 Å². The maximum absolute atomic E-state index is 11.9. The highest BCUT2D eigenvalue weighted by atomic mass is 16.5. The Labute approximate surface area is 125 Å². The summed E-state index contributed by atoms with van der Waals surface area (Å²) >= 11 is 0. The summed E-state index contributed by atoms with van der Waals surface area (Å²) in [6, 6.07) is 10.3. The average Bonchev–Trinajstić information content (AvgIpc) is 2.81. The van der Waals surface area contributed by atoms with Gasteiger partial charge in [-0.2, -0.15) is 5.26 Å². The number of ether oxygens (including phenoxy) is 1. The van der Waals surface area contributed by atoms with Crippen molar-refractivity contribution < 1.29 is 14.6 Å². The smallest absolute Gasteiger partial charge is 0.348 e. The van der Waals surface area contributed by atoms with Gasteiger partial charge < -0.3 is 9.84 Å². The largest absolute Gasteiger partial charge is 0.493 e. The molecule has 2 N–H and O–H groups in total. The molecule has 0 aliphatic heterocycles. The van der Waals surface area contributed by atoms with Gasteiger partial charge in [0.1, 0.15) is 17.2 Å². The standard InChI is InChI=1S/C15H13N3O4/c1-2-22-15(21)10(9-16)8-12-13(19)17-18(14(12)20)11-6-4-3-5-7-11/h3-8,20H,2H2,1H3,(H,17,19)/b10-8+. The van der Waals surface area contributed by atoms with Gasteiger partial charge in [-0.3, -0.25) is 9.89 Å². The number of hydrogen-bond donors (Lipinski definition) is 2. The number of carbonyl (C=O) groups is 1. The predicted octanol–water partition coefficient (Wildman–Crippen LogP) is 1.34. The number of aromatic hydroxyl groups is 1. The molecule has 0 unspecified atom stereocenters. The molecular formula is C15H13N3O4. The van der Waals surface area contributed by atoms with Crippen molar-refractivity contribution in [1.29, 1.82) is 5.26 Å². The third kappa shape index (κ3) is 2.91. The Hall–Kier alpha value is -3.27. The number of H-pyrrole nitrogens is 1. The first kappa shape index (κ1) is 15.1. The van der Waals surface area contributed by atoms with Gasteiger partial charge in [0.15, 0.2) is 0 Å². The molecule has 0 spiro atoms. The lowest BCUT2D eigenvalue weighted by Crippen LogP contribution is -2.08. The van der Waals surface area contributed by atoms with E-state index >= 15 is 0 Å². The van der Waals surface area contributed by atoms with E-state index in [2.05, 4.69) is 5.10 Å².